The van der Waals surface area contributed by atoms with Crippen LogP contribution in [0.25, 0.3) is 0 Å². The molecule has 0 aliphatic rings. The first-order valence-corrected chi connectivity index (χ1v) is 6.35. The van der Waals surface area contributed by atoms with E-state index in [1.54, 1.807) is 25.8 Å². The second-order valence-electron chi connectivity index (χ2n) is 3.54. The Hall–Kier alpha value is -1.20. The summed E-state index contributed by atoms with van der Waals surface area (Å²) in [6.07, 6.45) is 0. The summed E-state index contributed by atoms with van der Waals surface area (Å²) < 4.78 is 5.07. The van der Waals surface area contributed by atoms with Crippen LogP contribution in [0.4, 0.5) is 0 Å². The number of carboxylic acids is 1. The number of methoxy groups -OCH3 is 1. The van der Waals surface area contributed by atoms with E-state index >= 15 is 0 Å². The number of hydrogen-bond acceptors (Lipinski definition) is 4. The van der Waals surface area contributed by atoms with Crippen molar-refractivity contribution in [2.45, 2.75) is 17.9 Å². The van der Waals surface area contributed by atoms with Gasteiger partial charge in [0.25, 0.3) is 0 Å². The van der Waals surface area contributed by atoms with Crippen LogP contribution < -0.4 is 10.1 Å². The Labute approximate surface area is 105 Å². The number of carbonyl (C=O) groups is 1. The van der Waals surface area contributed by atoms with Gasteiger partial charge in [0.1, 0.15) is 11.8 Å². The Morgan fingerprint density at radius 2 is 2.12 bits per heavy atom. The molecule has 0 aliphatic carbocycles. The largest absolute Gasteiger partial charge is 0.497 e. The van der Waals surface area contributed by atoms with Crippen molar-refractivity contribution in [2.75, 3.05) is 19.4 Å². The van der Waals surface area contributed by atoms with Gasteiger partial charge in [0.05, 0.1) is 7.11 Å². The first-order valence-electron chi connectivity index (χ1n) is 5.36. The Morgan fingerprint density at radius 1 is 1.47 bits per heavy atom. The molecule has 0 saturated carbocycles. The summed E-state index contributed by atoms with van der Waals surface area (Å²) in [4.78, 5) is 11.7. The van der Waals surface area contributed by atoms with Crippen LogP contribution in [0.15, 0.2) is 29.2 Å². The fourth-order valence-corrected chi connectivity index (χ4v) is 1.99. The van der Waals surface area contributed by atoms with Crippen LogP contribution in [0.2, 0.25) is 0 Å². The van der Waals surface area contributed by atoms with Crippen LogP contribution in [0, 0.1) is 0 Å². The second-order valence-corrected chi connectivity index (χ2v) is 4.71. The third-order valence-corrected chi connectivity index (χ3v) is 3.26. The maximum atomic E-state index is 10.6. The quantitative estimate of drug-likeness (QED) is 0.575. The van der Waals surface area contributed by atoms with E-state index in [9.17, 15) is 4.79 Å². The molecule has 1 aromatic carbocycles. The van der Waals surface area contributed by atoms with E-state index in [-0.39, 0.29) is 0 Å². The molecule has 0 heterocycles. The van der Waals surface area contributed by atoms with Crippen LogP contribution in [-0.4, -0.2) is 36.5 Å². The average molecular weight is 255 g/mol. The second kappa shape index (κ2) is 7.19. The minimum absolute atomic E-state index is 0.494. The number of thioether (sulfide) groups is 1. The summed E-state index contributed by atoms with van der Waals surface area (Å²) in [6.45, 7) is 2.31. The topological polar surface area (TPSA) is 58.6 Å². The highest BCUT2D eigenvalue weighted by Gasteiger charge is 2.08. The Morgan fingerprint density at radius 3 is 2.65 bits per heavy atom. The highest BCUT2D eigenvalue weighted by atomic mass is 32.2. The van der Waals surface area contributed by atoms with Crippen molar-refractivity contribution < 1.29 is 14.6 Å². The molecule has 0 unspecified atom stereocenters. The molecule has 5 heteroatoms. The van der Waals surface area contributed by atoms with Crippen molar-refractivity contribution >= 4 is 17.7 Å². The summed E-state index contributed by atoms with van der Waals surface area (Å²) in [5, 5.41) is 11.6. The molecule has 0 fully saturated rings. The number of benzene rings is 1. The van der Waals surface area contributed by atoms with Gasteiger partial charge in [0.2, 0.25) is 0 Å². The van der Waals surface area contributed by atoms with Gasteiger partial charge < -0.3 is 15.2 Å². The fraction of sp³-hybridized carbons (Fsp3) is 0.417. The lowest BCUT2D eigenvalue weighted by Gasteiger charge is -2.08. The van der Waals surface area contributed by atoms with Crippen LogP contribution in [0.1, 0.15) is 6.92 Å². The molecule has 0 aliphatic heterocycles. The number of nitrogens with one attached hydrogen (secondary N) is 1. The molecule has 0 saturated heterocycles. The van der Waals surface area contributed by atoms with Crippen molar-refractivity contribution in [1.29, 1.82) is 0 Å². The number of ether oxygens (including phenoxy) is 1. The van der Waals surface area contributed by atoms with Gasteiger partial charge in [-0.1, -0.05) is 0 Å². The Kier molecular flexibility index (Phi) is 5.86. The first-order chi connectivity index (χ1) is 8.13. The average Bonchev–Trinajstić information content (AvgIpc) is 2.35. The lowest BCUT2D eigenvalue weighted by atomic mass is 10.3. The van der Waals surface area contributed by atoms with Gasteiger partial charge in [0, 0.05) is 17.2 Å². The van der Waals surface area contributed by atoms with Gasteiger partial charge >= 0.3 is 5.97 Å². The monoisotopic (exact) mass is 255 g/mol. The third kappa shape index (κ3) is 5.10. The van der Waals surface area contributed by atoms with E-state index in [2.05, 4.69) is 5.32 Å². The Balaban J connectivity index is 2.24. The minimum Gasteiger partial charge on any atom is -0.497 e. The van der Waals surface area contributed by atoms with Crippen molar-refractivity contribution in [3.63, 3.8) is 0 Å². The molecule has 0 amide bonds. The van der Waals surface area contributed by atoms with E-state index < -0.39 is 12.0 Å². The molecule has 1 aromatic rings. The van der Waals surface area contributed by atoms with Crippen molar-refractivity contribution in [2.24, 2.45) is 0 Å². The lowest BCUT2D eigenvalue weighted by molar-refractivity contribution is -0.138. The summed E-state index contributed by atoms with van der Waals surface area (Å²) >= 11 is 1.68. The summed E-state index contributed by atoms with van der Waals surface area (Å²) in [5.41, 5.74) is 0. The van der Waals surface area contributed by atoms with E-state index in [0.717, 1.165) is 16.4 Å². The fourth-order valence-electron chi connectivity index (χ4n) is 1.20. The van der Waals surface area contributed by atoms with E-state index in [1.807, 2.05) is 24.3 Å². The van der Waals surface area contributed by atoms with Crippen molar-refractivity contribution in [1.82, 2.24) is 5.32 Å². The molecule has 2 N–H and O–H groups in total. The zero-order valence-electron chi connectivity index (χ0n) is 9.97. The van der Waals surface area contributed by atoms with Crippen molar-refractivity contribution in [3.05, 3.63) is 24.3 Å². The summed E-state index contributed by atoms with van der Waals surface area (Å²) in [5.74, 6) is 0.857. The smallest absolute Gasteiger partial charge is 0.320 e. The number of rotatable bonds is 7. The first kappa shape index (κ1) is 13.9. The molecule has 0 radical (unpaired) electrons. The lowest BCUT2D eigenvalue weighted by Crippen LogP contribution is -2.35. The molecule has 4 nitrogen and oxygen atoms in total. The molecule has 0 bridgehead atoms. The molecule has 1 atom stereocenters. The minimum atomic E-state index is -0.820. The van der Waals surface area contributed by atoms with Gasteiger partial charge in [-0.15, -0.1) is 11.8 Å². The van der Waals surface area contributed by atoms with Gasteiger partial charge in [0.15, 0.2) is 0 Å². The Bertz CT molecular complexity index is 353. The molecular weight excluding hydrogens is 238 g/mol. The van der Waals surface area contributed by atoms with Crippen LogP contribution in [0.3, 0.4) is 0 Å². The molecule has 94 valence electrons. The maximum absolute atomic E-state index is 10.6. The third-order valence-electron chi connectivity index (χ3n) is 2.25. The van der Waals surface area contributed by atoms with Crippen molar-refractivity contribution in [3.8, 4) is 5.75 Å². The SMILES string of the molecule is COc1ccc(SCCN[C@@H](C)C(=O)O)cc1. The predicted molar refractivity (Wildman–Crippen MR) is 68.8 cm³/mol. The molecule has 1 rings (SSSR count). The number of hydrogen-bond donors (Lipinski definition) is 2. The van der Waals surface area contributed by atoms with Crippen LogP contribution in [0.5, 0.6) is 5.75 Å². The normalized spacial score (nSPS) is 12.1. The zero-order chi connectivity index (χ0) is 12.7. The van der Waals surface area contributed by atoms with Gasteiger partial charge in [-0.2, -0.15) is 0 Å². The van der Waals surface area contributed by atoms with Gasteiger partial charge in [-0.3, -0.25) is 4.79 Å². The zero-order valence-corrected chi connectivity index (χ0v) is 10.8. The van der Waals surface area contributed by atoms with Crippen LogP contribution in [-0.2, 0) is 4.79 Å². The van der Waals surface area contributed by atoms with E-state index in [0.29, 0.717) is 6.54 Å². The summed E-state index contributed by atoms with van der Waals surface area (Å²) in [7, 11) is 1.64. The molecule has 0 spiro atoms. The molecule has 0 aromatic heterocycles. The van der Waals surface area contributed by atoms with E-state index in [1.165, 1.54) is 0 Å². The van der Waals surface area contributed by atoms with Gasteiger partial charge in [-0.25, -0.2) is 0 Å². The predicted octanol–water partition coefficient (Wildman–Crippen LogP) is 1.85. The van der Waals surface area contributed by atoms with E-state index in [4.69, 9.17) is 9.84 Å². The molecular formula is C12H17NO3S. The highest BCUT2D eigenvalue weighted by molar-refractivity contribution is 7.99. The number of carboxylic acid groups (broad SMARTS) is 1. The maximum Gasteiger partial charge on any atom is 0.320 e. The standard InChI is InChI=1S/C12H17NO3S/c1-9(12(14)15)13-7-8-17-11-5-3-10(16-2)4-6-11/h3-6,9,13H,7-8H2,1-2H3,(H,14,15)/t9-/m0/s1. The number of aliphatic carboxylic acids is 1. The summed E-state index contributed by atoms with van der Waals surface area (Å²) in [6, 6.07) is 7.31. The van der Waals surface area contributed by atoms with Gasteiger partial charge in [-0.05, 0) is 31.2 Å². The highest BCUT2D eigenvalue weighted by Crippen LogP contribution is 2.20. The van der Waals surface area contributed by atoms with Crippen LogP contribution >= 0.6 is 11.8 Å². The molecule has 17 heavy (non-hydrogen) atoms.